The van der Waals surface area contributed by atoms with Gasteiger partial charge in [-0.1, -0.05) is 17.7 Å². The van der Waals surface area contributed by atoms with Crippen LogP contribution >= 0.6 is 11.6 Å². The minimum Gasteiger partial charge on any atom is -0.373 e. The van der Waals surface area contributed by atoms with Crippen LogP contribution in [0.3, 0.4) is 0 Å². The quantitative estimate of drug-likeness (QED) is 0.681. The van der Waals surface area contributed by atoms with E-state index in [4.69, 9.17) is 16.3 Å². The van der Waals surface area contributed by atoms with Crippen molar-refractivity contribution in [3.05, 3.63) is 38.9 Å². The molecule has 2 bridgehead atoms. The molecule has 1 N–H and O–H groups in total. The number of fused-ring (bicyclic) bond motifs is 2. The molecular weight excluding hydrogens is 268 g/mol. The van der Waals surface area contributed by atoms with E-state index in [1.54, 1.807) is 6.07 Å². The SMILES string of the molecule is O=[N+]([O-])c1cc(CNC2CC3CCC2O3)ccc1Cl. The first-order valence-corrected chi connectivity index (χ1v) is 6.83. The normalized spacial score (nSPS) is 28.8. The largest absolute Gasteiger partial charge is 0.373 e. The van der Waals surface area contributed by atoms with Gasteiger partial charge in [0.25, 0.3) is 5.69 Å². The van der Waals surface area contributed by atoms with Crippen molar-refractivity contribution in [1.29, 1.82) is 0 Å². The molecule has 2 heterocycles. The van der Waals surface area contributed by atoms with E-state index < -0.39 is 4.92 Å². The first-order valence-electron chi connectivity index (χ1n) is 6.45. The third-order valence-electron chi connectivity index (χ3n) is 3.88. The fourth-order valence-electron chi connectivity index (χ4n) is 2.91. The number of halogens is 1. The predicted octanol–water partition coefficient (Wildman–Crippen LogP) is 2.66. The van der Waals surface area contributed by atoms with Crippen molar-refractivity contribution in [1.82, 2.24) is 5.32 Å². The molecule has 19 heavy (non-hydrogen) atoms. The monoisotopic (exact) mass is 282 g/mol. The first kappa shape index (κ1) is 12.8. The lowest BCUT2D eigenvalue weighted by Gasteiger charge is -2.20. The van der Waals surface area contributed by atoms with E-state index in [-0.39, 0.29) is 10.7 Å². The Balaban J connectivity index is 1.64. The first-order chi connectivity index (χ1) is 9.13. The van der Waals surface area contributed by atoms with Crippen molar-refractivity contribution >= 4 is 17.3 Å². The third-order valence-corrected chi connectivity index (χ3v) is 4.20. The van der Waals surface area contributed by atoms with Gasteiger partial charge in [0.1, 0.15) is 5.02 Å². The Kier molecular flexibility index (Phi) is 3.43. The molecule has 0 spiro atoms. The molecule has 0 aromatic heterocycles. The number of rotatable bonds is 4. The summed E-state index contributed by atoms with van der Waals surface area (Å²) in [7, 11) is 0. The zero-order valence-electron chi connectivity index (χ0n) is 10.3. The number of hydrogen-bond acceptors (Lipinski definition) is 4. The molecule has 2 aliphatic heterocycles. The van der Waals surface area contributed by atoms with Gasteiger partial charge >= 0.3 is 0 Å². The second-order valence-corrected chi connectivity index (χ2v) is 5.55. The van der Waals surface area contributed by atoms with Gasteiger partial charge in [-0.15, -0.1) is 0 Å². The minimum atomic E-state index is -0.452. The molecule has 1 aromatic carbocycles. The second kappa shape index (κ2) is 5.07. The summed E-state index contributed by atoms with van der Waals surface area (Å²) in [5.74, 6) is 0. The maximum absolute atomic E-state index is 10.8. The van der Waals surface area contributed by atoms with Crippen LogP contribution in [-0.2, 0) is 11.3 Å². The van der Waals surface area contributed by atoms with Gasteiger partial charge in [0.2, 0.25) is 0 Å². The summed E-state index contributed by atoms with van der Waals surface area (Å²) < 4.78 is 5.76. The molecule has 0 saturated carbocycles. The van der Waals surface area contributed by atoms with E-state index in [2.05, 4.69) is 5.32 Å². The van der Waals surface area contributed by atoms with E-state index in [1.807, 2.05) is 6.07 Å². The molecule has 3 atom stereocenters. The van der Waals surface area contributed by atoms with Crippen molar-refractivity contribution in [2.24, 2.45) is 0 Å². The molecule has 2 fully saturated rings. The van der Waals surface area contributed by atoms with E-state index in [9.17, 15) is 10.1 Å². The van der Waals surface area contributed by atoms with Gasteiger partial charge in [-0.3, -0.25) is 10.1 Å². The lowest BCUT2D eigenvalue weighted by Crippen LogP contribution is -2.36. The third kappa shape index (κ3) is 2.59. The number of nitro benzene ring substituents is 1. The van der Waals surface area contributed by atoms with Gasteiger partial charge in [-0.25, -0.2) is 0 Å². The Bertz CT molecular complexity index is 509. The van der Waals surface area contributed by atoms with Crippen LogP contribution in [0, 0.1) is 10.1 Å². The highest BCUT2D eigenvalue weighted by Gasteiger charge is 2.40. The van der Waals surface area contributed by atoms with Gasteiger partial charge < -0.3 is 10.1 Å². The molecule has 5 nitrogen and oxygen atoms in total. The fraction of sp³-hybridized carbons (Fsp3) is 0.538. The molecule has 0 amide bonds. The molecule has 1 aromatic rings. The van der Waals surface area contributed by atoms with Gasteiger partial charge in [0.15, 0.2) is 0 Å². The average Bonchev–Trinajstić information content (AvgIpc) is 2.99. The molecule has 2 saturated heterocycles. The molecule has 3 rings (SSSR count). The molecule has 2 aliphatic rings. The van der Waals surface area contributed by atoms with Crippen molar-refractivity contribution in [3.63, 3.8) is 0 Å². The van der Waals surface area contributed by atoms with Crippen LogP contribution in [-0.4, -0.2) is 23.2 Å². The summed E-state index contributed by atoms with van der Waals surface area (Å²) in [6.07, 6.45) is 4.04. The van der Waals surface area contributed by atoms with Crippen LogP contribution < -0.4 is 5.32 Å². The summed E-state index contributed by atoms with van der Waals surface area (Å²) in [6.45, 7) is 0.606. The topological polar surface area (TPSA) is 64.4 Å². The van der Waals surface area contributed by atoms with Gasteiger partial charge in [0, 0.05) is 18.7 Å². The highest BCUT2D eigenvalue weighted by Crippen LogP contribution is 2.34. The van der Waals surface area contributed by atoms with Crippen LogP contribution in [0.15, 0.2) is 18.2 Å². The van der Waals surface area contributed by atoms with Crippen molar-refractivity contribution in [2.75, 3.05) is 0 Å². The van der Waals surface area contributed by atoms with Crippen molar-refractivity contribution < 1.29 is 9.66 Å². The van der Waals surface area contributed by atoms with E-state index in [0.717, 1.165) is 24.8 Å². The van der Waals surface area contributed by atoms with E-state index >= 15 is 0 Å². The zero-order chi connectivity index (χ0) is 13.4. The number of nitrogens with one attached hydrogen (secondary N) is 1. The molecular formula is C13H15ClN2O3. The standard InChI is InChI=1S/C13H15ClN2O3/c14-10-3-1-8(5-12(10)16(17)18)7-15-11-6-9-2-4-13(11)19-9/h1,3,5,9,11,13,15H,2,4,6-7H2. The van der Waals surface area contributed by atoms with Gasteiger partial charge in [0.05, 0.1) is 17.1 Å². The maximum atomic E-state index is 10.8. The Morgan fingerprint density at radius 2 is 2.32 bits per heavy atom. The lowest BCUT2D eigenvalue weighted by atomic mass is 9.95. The van der Waals surface area contributed by atoms with Crippen LogP contribution in [0.25, 0.3) is 0 Å². The van der Waals surface area contributed by atoms with E-state index in [1.165, 1.54) is 6.07 Å². The molecule has 6 heteroatoms. The highest BCUT2D eigenvalue weighted by atomic mass is 35.5. The minimum absolute atomic E-state index is 0.0369. The van der Waals surface area contributed by atoms with Gasteiger partial charge in [-0.2, -0.15) is 0 Å². The average molecular weight is 283 g/mol. The molecule has 0 aliphatic carbocycles. The maximum Gasteiger partial charge on any atom is 0.288 e. The molecule has 0 radical (unpaired) electrons. The summed E-state index contributed by atoms with van der Waals surface area (Å²) >= 11 is 5.79. The summed E-state index contributed by atoms with van der Waals surface area (Å²) in [4.78, 5) is 10.4. The Hall–Kier alpha value is -1.17. The van der Waals surface area contributed by atoms with Crippen LogP contribution in [0.5, 0.6) is 0 Å². The zero-order valence-corrected chi connectivity index (χ0v) is 11.1. The van der Waals surface area contributed by atoms with Gasteiger partial charge in [-0.05, 0) is 30.9 Å². The fourth-order valence-corrected chi connectivity index (χ4v) is 3.10. The smallest absolute Gasteiger partial charge is 0.288 e. The van der Waals surface area contributed by atoms with Crippen LogP contribution in [0.1, 0.15) is 24.8 Å². The lowest BCUT2D eigenvalue weighted by molar-refractivity contribution is -0.384. The summed E-state index contributed by atoms with van der Waals surface area (Å²) in [5, 5.41) is 14.4. The number of hydrogen-bond donors (Lipinski definition) is 1. The Labute approximate surface area is 116 Å². The van der Waals surface area contributed by atoms with Crippen LogP contribution in [0.4, 0.5) is 5.69 Å². The van der Waals surface area contributed by atoms with Crippen molar-refractivity contribution in [2.45, 2.75) is 44.1 Å². The van der Waals surface area contributed by atoms with E-state index in [0.29, 0.717) is 24.8 Å². The number of nitro groups is 1. The summed E-state index contributed by atoms with van der Waals surface area (Å²) in [6, 6.07) is 5.29. The Morgan fingerprint density at radius 1 is 1.47 bits per heavy atom. The highest BCUT2D eigenvalue weighted by molar-refractivity contribution is 6.32. The number of nitrogens with zero attached hydrogens (tertiary/aromatic N) is 1. The molecule has 3 unspecified atom stereocenters. The van der Waals surface area contributed by atoms with Crippen LogP contribution in [0.2, 0.25) is 5.02 Å². The second-order valence-electron chi connectivity index (χ2n) is 5.14. The molecule has 102 valence electrons. The predicted molar refractivity (Wildman–Crippen MR) is 71.2 cm³/mol. The number of ether oxygens (including phenoxy) is 1. The Morgan fingerprint density at radius 3 is 2.95 bits per heavy atom. The summed E-state index contributed by atoms with van der Waals surface area (Å²) in [5.41, 5.74) is 0.837. The van der Waals surface area contributed by atoms with Crippen molar-refractivity contribution in [3.8, 4) is 0 Å². The number of benzene rings is 1.